The summed E-state index contributed by atoms with van der Waals surface area (Å²) in [6.07, 6.45) is 8.00. The van der Waals surface area contributed by atoms with Crippen LogP contribution in [0.5, 0.6) is 0 Å². The van der Waals surface area contributed by atoms with Crippen LogP contribution in [0.15, 0.2) is 0 Å². The van der Waals surface area contributed by atoms with Crippen LogP contribution in [-0.4, -0.2) is 29.6 Å². The first kappa shape index (κ1) is 11.4. The van der Waals surface area contributed by atoms with Crippen molar-refractivity contribution < 1.29 is 0 Å². The van der Waals surface area contributed by atoms with Crippen molar-refractivity contribution in [3.05, 3.63) is 0 Å². The second-order valence-electron chi connectivity index (χ2n) is 5.52. The maximum atomic E-state index is 6.41. The third-order valence-corrected chi connectivity index (χ3v) is 4.75. The molecule has 2 nitrogen and oxygen atoms in total. The lowest BCUT2D eigenvalue weighted by Gasteiger charge is -2.49. The van der Waals surface area contributed by atoms with Gasteiger partial charge in [0.05, 0.1) is 0 Å². The molecule has 88 valence electrons. The predicted molar refractivity (Wildman–Crippen MR) is 64.8 cm³/mol. The van der Waals surface area contributed by atoms with Gasteiger partial charge in [-0.05, 0) is 38.1 Å². The quantitative estimate of drug-likeness (QED) is 0.758. The van der Waals surface area contributed by atoms with E-state index in [9.17, 15) is 0 Å². The largest absolute Gasteiger partial charge is 0.326 e. The Balaban J connectivity index is 2.19. The minimum absolute atomic E-state index is 0.369. The van der Waals surface area contributed by atoms with Gasteiger partial charge < -0.3 is 5.73 Å². The highest BCUT2D eigenvalue weighted by Gasteiger charge is 2.50. The Hall–Kier alpha value is -0.0800. The van der Waals surface area contributed by atoms with E-state index in [1.165, 1.54) is 51.6 Å². The van der Waals surface area contributed by atoms with Gasteiger partial charge in [0.25, 0.3) is 0 Å². The molecule has 0 aromatic carbocycles. The van der Waals surface area contributed by atoms with Gasteiger partial charge in [-0.15, -0.1) is 0 Å². The molecule has 2 rings (SSSR count). The molecule has 0 radical (unpaired) electrons. The monoisotopic (exact) mass is 210 g/mol. The molecule has 1 heterocycles. The first-order chi connectivity index (χ1) is 7.21. The maximum Gasteiger partial charge on any atom is 0.0386 e. The van der Waals surface area contributed by atoms with Crippen molar-refractivity contribution in [1.82, 2.24) is 4.90 Å². The van der Waals surface area contributed by atoms with E-state index in [2.05, 4.69) is 18.7 Å². The molecule has 1 spiro atoms. The number of nitrogens with zero attached hydrogens (tertiary/aromatic N) is 1. The Morgan fingerprint density at radius 1 is 1.33 bits per heavy atom. The highest BCUT2D eigenvalue weighted by atomic mass is 15.3. The molecule has 2 heteroatoms. The van der Waals surface area contributed by atoms with Gasteiger partial charge in [0, 0.05) is 18.1 Å². The van der Waals surface area contributed by atoms with Crippen molar-refractivity contribution in [1.29, 1.82) is 0 Å². The van der Waals surface area contributed by atoms with E-state index >= 15 is 0 Å². The van der Waals surface area contributed by atoms with E-state index < -0.39 is 0 Å². The summed E-state index contributed by atoms with van der Waals surface area (Å²) < 4.78 is 0. The van der Waals surface area contributed by atoms with Crippen LogP contribution < -0.4 is 5.73 Å². The Morgan fingerprint density at radius 3 is 2.80 bits per heavy atom. The molecule has 0 amide bonds. The van der Waals surface area contributed by atoms with Crippen LogP contribution in [0.2, 0.25) is 0 Å². The molecule has 1 saturated carbocycles. The fourth-order valence-corrected chi connectivity index (χ4v) is 3.95. The molecule has 0 aromatic rings. The highest BCUT2D eigenvalue weighted by Crippen LogP contribution is 2.44. The number of hydrogen-bond acceptors (Lipinski definition) is 2. The zero-order valence-electron chi connectivity index (χ0n) is 10.3. The molecule has 0 bridgehead atoms. The molecule has 1 saturated heterocycles. The topological polar surface area (TPSA) is 29.3 Å². The van der Waals surface area contributed by atoms with E-state index in [0.717, 1.165) is 5.92 Å². The molecule has 2 N–H and O–H groups in total. The Morgan fingerprint density at radius 2 is 2.13 bits per heavy atom. The minimum atomic E-state index is 0.369. The Bertz CT molecular complexity index is 215. The van der Waals surface area contributed by atoms with Gasteiger partial charge in [-0.2, -0.15) is 0 Å². The van der Waals surface area contributed by atoms with Gasteiger partial charge in [-0.1, -0.05) is 26.7 Å². The van der Waals surface area contributed by atoms with Crippen molar-refractivity contribution >= 4 is 0 Å². The normalized spacial score (nSPS) is 42.6. The smallest absolute Gasteiger partial charge is 0.0386 e. The molecule has 1 aliphatic heterocycles. The van der Waals surface area contributed by atoms with Crippen LogP contribution in [0.25, 0.3) is 0 Å². The lowest BCUT2D eigenvalue weighted by Crippen LogP contribution is -2.59. The maximum absolute atomic E-state index is 6.41. The van der Waals surface area contributed by atoms with E-state index in [4.69, 9.17) is 5.73 Å². The van der Waals surface area contributed by atoms with Gasteiger partial charge in [0.2, 0.25) is 0 Å². The minimum Gasteiger partial charge on any atom is -0.326 e. The number of rotatable bonds is 2. The summed E-state index contributed by atoms with van der Waals surface area (Å²) in [7, 11) is 0. The SMILES string of the molecule is CCCN1CCC(N)C12CCCCC2C. The van der Waals surface area contributed by atoms with Crippen molar-refractivity contribution in [2.75, 3.05) is 13.1 Å². The Labute approximate surface area is 94.2 Å². The van der Waals surface area contributed by atoms with Crippen molar-refractivity contribution in [3.63, 3.8) is 0 Å². The second kappa shape index (κ2) is 4.42. The molecular weight excluding hydrogens is 184 g/mol. The van der Waals surface area contributed by atoms with Crippen molar-refractivity contribution in [3.8, 4) is 0 Å². The van der Waals surface area contributed by atoms with E-state index in [0.29, 0.717) is 11.6 Å². The molecular formula is C13H26N2. The fraction of sp³-hybridized carbons (Fsp3) is 1.00. The van der Waals surface area contributed by atoms with Gasteiger partial charge in [-0.25, -0.2) is 0 Å². The summed E-state index contributed by atoms with van der Waals surface area (Å²) in [6.45, 7) is 7.19. The first-order valence-corrected chi connectivity index (χ1v) is 6.72. The zero-order chi connectivity index (χ0) is 10.9. The van der Waals surface area contributed by atoms with E-state index in [1.54, 1.807) is 0 Å². The van der Waals surface area contributed by atoms with Crippen LogP contribution in [0.1, 0.15) is 52.4 Å². The number of hydrogen-bond donors (Lipinski definition) is 1. The average Bonchev–Trinajstić information content (AvgIpc) is 2.53. The van der Waals surface area contributed by atoms with Gasteiger partial charge in [0.15, 0.2) is 0 Å². The molecule has 3 unspecified atom stereocenters. The second-order valence-corrected chi connectivity index (χ2v) is 5.52. The molecule has 2 aliphatic rings. The van der Waals surface area contributed by atoms with Gasteiger partial charge >= 0.3 is 0 Å². The first-order valence-electron chi connectivity index (χ1n) is 6.72. The summed E-state index contributed by atoms with van der Waals surface area (Å²) in [4.78, 5) is 2.71. The standard InChI is InChI=1S/C13H26N2/c1-3-9-15-10-7-12(14)13(15)8-5-4-6-11(13)2/h11-12H,3-10,14H2,1-2H3. The Kier molecular flexibility index (Phi) is 3.36. The number of nitrogens with two attached hydrogens (primary N) is 1. The van der Waals surface area contributed by atoms with Gasteiger partial charge in [-0.3, -0.25) is 4.90 Å². The average molecular weight is 210 g/mol. The lowest BCUT2D eigenvalue weighted by molar-refractivity contribution is 0.0319. The lowest BCUT2D eigenvalue weighted by atomic mass is 9.70. The van der Waals surface area contributed by atoms with E-state index in [-0.39, 0.29) is 0 Å². The van der Waals surface area contributed by atoms with Crippen LogP contribution in [0.4, 0.5) is 0 Å². The zero-order valence-corrected chi connectivity index (χ0v) is 10.3. The summed E-state index contributed by atoms with van der Waals surface area (Å²) in [5.74, 6) is 0.801. The van der Waals surface area contributed by atoms with Crippen LogP contribution >= 0.6 is 0 Å². The third kappa shape index (κ3) is 1.72. The molecule has 3 atom stereocenters. The van der Waals surface area contributed by atoms with Crippen molar-refractivity contribution in [2.24, 2.45) is 11.7 Å². The molecule has 15 heavy (non-hydrogen) atoms. The molecule has 2 fully saturated rings. The molecule has 1 aliphatic carbocycles. The predicted octanol–water partition coefficient (Wildman–Crippen LogP) is 2.38. The summed E-state index contributed by atoms with van der Waals surface area (Å²) in [5, 5.41) is 0. The van der Waals surface area contributed by atoms with Crippen molar-refractivity contribution in [2.45, 2.75) is 64.0 Å². The fourth-order valence-electron chi connectivity index (χ4n) is 3.95. The highest BCUT2D eigenvalue weighted by molar-refractivity contribution is 5.08. The summed E-state index contributed by atoms with van der Waals surface area (Å²) in [6, 6.07) is 0.430. The van der Waals surface area contributed by atoms with Gasteiger partial charge in [0.1, 0.15) is 0 Å². The van der Waals surface area contributed by atoms with E-state index in [1.807, 2.05) is 0 Å². The number of likely N-dealkylation sites (tertiary alicyclic amines) is 1. The summed E-state index contributed by atoms with van der Waals surface area (Å²) >= 11 is 0. The van der Waals surface area contributed by atoms with Crippen LogP contribution in [0, 0.1) is 5.92 Å². The van der Waals surface area contributed by atoms with Crippen LogP contribution in [-0.2, 0) is 0 Å². The third-order valence-electron chi connectivity index (χ3n) is 4.75. The summed E-state index contributed by atoms with van der Waals surface area (Å²) in [5.41, 5.74) is 6.78. The molecule has 0 aromatic heterocycles. The van der Waals surface area contributed by atoms with Crippen LogP contribution in [0.3, 0.4) is 0 Å².